The van der Waals surface area contributed by atoms with Gasteiger partial charge in [0.05, 0.1) is 0 Å². The lowest BCUT2D eigenvalue weighted by Crippen LogP contribution is -2.46. The van der Waals surface area contributed by atoms with Gasteiger partial charge in [0.15, 0.2) is 0 Å². The number of nitrogens with one attached hydrogen (secondary N) is 2. The van der Waals surface area contributed by atoms with Gasteiger partial charge in [0.2, 0.25) is 0 Å². The zero-order valence-electron chi connectivity index (χ0n) is 9.27. The number of hydrogen-bond acceptors (Lipinski definition) is 2. The molecular formula is C13H18N2. The maximum Gasteiger partial charge on any atom is 0.0439 e. The van der Waals surface area contributed by atoms with Crippen molar-refractivity contribution in [3.05, 3.63) is 29.3 Å². The Labute approximate surface area is 91.1 Å². The van der Waals surface area contributed by atoms with E-state index in [4.69, 9.17) is 0 Å². The third-order valence-corrected chi connectivity index (χ3v) is 3.89. The van der Waals surface area contributed by atoms with Gasteiger partial charge >= 0.3 is 0 Å². The number of hydrogen-bond donors (Lipinski definition) is 2. The lowest BCUT2D eigenvalue weighted by Gasteiger charge is -2.34. The van der Waals surface area contributed by atoms with E-state index in [1.807, 2.05) is 0 Å². The first-order valence-corrected chi connectivity index (χ1v) is 5.87. The van der Waals surface area contributed by atoms with Crippen molar-refractivity contribution in [2.75, 3.05) is 18.4 Å². The molecule has 1 fully saturated rings. The Hall–Kier alpha value is -1.02. The quantitative estimate of drug-likeness (QED) is 0.673. The van der Waals surface area contributed by atoms with Gasteiger partial charge < -0.3 is 10.6 Å². The number of anilines is 1. The minimum absolute atomic E-state index is 0.361. The summed E-state index contributed by atoms with van der Waals surface area (Å²) < 4.78 is 0. The van der Waals surface area contributed by atoms with Crippen LogP contribution in [0.25, 0.3) is 0 Å². The minimum atomic E-state index is 0.361. The topological polar surface area (TPSA) is 24.1 Å². The summed E-state index contributed by atoms with van der Waals surface area (Å²) in [6.45, 7) is 4.53. The van der Waals surface area contributed by atoms with Crippen LogP contribution in [0.1, 0.15) is 24.0 Å². The van der Waals surface area contributed by atoms with Gasteiger partial charge in [0, 0.05) is 11.2 Å². The number of piperidine rings is 1. The number of fused-ring (bicyclic) bond motifs is 1. The van der Waals surface area contributed by atoms with Gasteiger partial charge in [-0.3, -0.25) is 0 Å². The van der Waals surface area contributed by atoms with E-state index in [0.29, 0.717) is 5.54 Å². The van der Waals surface area contributed by atoms with E-state index in [1.54, 1.807) is 5.56 Å². The summed E-state index contributed by atoms with van der Waals surface area (Å²) in [5, 5.41) is 7.19. The smallest absolute Gasteiger partial charge is 0.0439 e. The summed E-state index contributed by atoms with van der Waals surface area (Å²) in [6, 6.07) is 6.60. The first kappa shape index (κ1) is 9.22. The Morgan fingerprint density at radius 1 is 1.20 bits per heavy atom. The standard InChI is InChI=1S/C13H18N2/c1-10-3-2-4-12-11(10)9-13(15-12)5-7-14-8-6-13/h2-4,14-15H,5-9H2,1H3. The Balaban J connectivity index is 1.94. The van der Waals surface area contributed by atoms with Crippen LogP contribution < -0.4 is 10.6 Å². The average molecular weight is 202 g/mol. The largest absolute Gasteiger partial charge is 0.379 e. The monoisotopic (exact) mass is 202 g/mol. The van der Waals surface area contributed by atoms with Crippen molar-refractivity contribution in [3.63, 3.8) is 0 Å². The fourth-order valence-corrected chi connectivity index (χ4v) is 2.93. The third-order valence-electron chi connectivity index (χ3n) is 3.89. The summed E-state index contributed by atoms with van der Waals surface area (Å²) >= 11 is 0. The van der Waals surface area contributed by atoms with E-state index >= 15 is 0 Å². The van der Waals surface area contributed by atoms with Crippen LogP contribution in [-0.4, -0.2) is 18.6 Å². The molecule has 1 saturated heterocycles. The van der Waals surface area contributed by atoms with Gasteiger partial charge in [0.25, 0.3) is 0 Å². The van der Waals surface area contributed by atoms with Crippen molar-refractivity contribution >= 4 is 5.69 Å². The third kappa shape index (κ3) is 1.44. The van der Waals surface area contributed by atoms with Crippen LogP contribution in [0.5, 0.6) is 0 Å². The number of benzene rings is 1. The second-order valence-electron chi connectivity index (χ2n) is 4.93. The predicted molar refractivity (Wildman–Crippen MR) is 63.3 cm³/mol. The summed E-state index contributed by atoms with van der Waals surface area (Å²) in [7, 11) is 0. The minimum Gasteiger partial charge on any atom is -0.379 e. The van der Waals surface area contributed by atoms with Crippen LogP contribution in [0.15, 0.2) is 18.2 Å². The first-order valence-electron chi connectivity index (χ1n) is 5.87. The maximum absolute atomic E-state index is 3.75. The van der Waals surface area contributed by atoms with Crippen LogP contribution in [0.3, 0.4) is 0 Å². The lowest BCUT2D eigenvalue weighted by atomic mass is 9.85. The molecule has 0 atom stereocenters. The van der Waals surface area contributed by atoms with Gasteiger partial charge in [-0.05, 0) is 56.5 Å². The van der Waals surface area contributed by atoms with E-state index in [9.17, 15) is 0 Å². The number of aryl methyl sites for hydroxylation is 1. The Bertz CT molecular complexity index is 378. The van der Waals surface area contributed by atoms with Gasteiger partial charge in [-0.15, -0.1) is 0 Å². The Morgan fingerprint density at radius 2 is 2.00 bits per heavy atom. The Kier molecular flexibility index (Phi) is 1.99. The van der Waals surface area contributed by atoms with Gasteiger partial charge in [-0.2, -0.15) is 0 Å². The molecule has 0 amide bonds. The van der Waals surface area contributed by atoms with E-state index in [2.05, 4.69) is 35.8 Å². The molecule has 1 aromatic rings. The van der Waals surface area contributed by atoms with Gasteiger partial charge in [-0.1, -0.05) is 12.1 Å². The molecule has 1 spiro atoms. The fourth-order valence-electron chi connectivity index (χ4n) is 2.93. The van der Waals surface area contributed by atoms with Crippen molar-refractivity contribution in [1.82, 2.24) is 5.32 Å². The average Bonchev–Trinajstić information content (AvgIpc) is 2.59. The highest BCUT2D eigenvalue weighted by molar-refractivity contribution is 5.61. The highest BCUT2D eigenvalue weighted by Gasteiger charge is 2.37. The van der Waals surface area contributed by atoms with Crippen LogP contribution in [-0.2, 0) is 6.42 Å². The fraction of sp³-hybridized carbons (Fsp3) is 0.538. The lowest BCUT2D eigenvalue weighted by molar-refractivity contribution is 0.348. The van der Waals surface area contributed by atoms with E-state index in [1.165, 1.54) is 30.5 Å². The molecule has 2 heteroatoms. The molecule has 0 aromatic heterocycles. The first-order chi connectivity index (χ1) is 7.29. The summed E-state index contributed by atoms with van der Waals surface area (Å²) in [4.78, 5) is 0. The zero-order valence-corrected chi connectivity index (χ0v) is 9.27. The molecule has 0 radical (unpaired) electrons. The molecule has 0 aliphatic carbocycles. The molecule has 2 heterocycles. The van der Waals surface area contributed by atoms with E-state index in [0.717, 1.165) is 13.1 Å². The molecule has 0 unspecified atom stereocenters. The van der Waals surface area contributed by atoms with E-state index in [-0.39, 0.29) is 0 Å². The highest BCUT2D eigenvalue weighted by atomic mass is 15.0. The van der Waals surface area contributed by atoms with Gasteiger partial charge in [-0.25, -0.2) is 0 Å². The van der Waals surface area contributed by atoms with Gasteiger partial charge in [0.1, 0.15) is 0 Å². The molecule has 2 N–H and O–H groups in total. The normalized spacial score (nSPS) is 22.5. The second-order valence-corrected chi connectivity index (χ2v) is 4.93. The molecule has 2 nitrogen and oxygen atoms in total. The molecule has 0 bridgehead atoms. The molecule has 0 saturated carbocycles. The van der Waals surface area contributed by atoms with Crippen molar-refractivity contribution in [1.29, 1.82) is 0 Å². The van der Waals surface area contributed by atoms with Crippen LogP contribution in [0, 0.1) is 6.92 Å². The van der Waals surface area contributed by atoms with Crippen LogP contribution in [0.2, 0.25) is 0 Å². The van der Waals surface area contributed by atoms with Crippen molar-refractivity contribution in [2.45, 2.75) is 31.7 Å². The maximum atomic E-state index is 3.75. The predicted octanol–water partition coefficient (Wildman–Crippen LogP) is 2.09. The molecule has 15 heavy (non-hydrogen) atoms. The molecular weight excluding hydrogens is 184 g/mol. The van der Waals surface area contributed by atoms with Crippen LogP contribution in [0.4, 0.5) is 5.69 Å². The summed E-state index contributed by atoms with van der Waals surface area (Å²) in [5.74, 6) is 0. The zero-order chi connectivity index (χ0) is 10.3. The van der Waals surface area contributed by atoms with E-state index < -0.39 is 0 Å². The SMILES string of the molecule is Cc1cccc2c1CC1(CCNCC1)N2. The van der Waals surface area contributed by atoms with Crippen molar-refractivity contribution < 1.29 is 0 Å². The molecule has 3 rings (SSSR count). The summed E-state index contributed by atoms with van der Waals surface area (Å²) in [5.41, 5.74) is 4.71. The van der Waals surface area contributed by atoms with Crippen molar-refractivity contribution in [2.24, 2.45) is 0 Å². The van der Waals surface area contributed by atoms with Crippen LogP contribution >= 0.6 is 0 Å². The van der Waals surface area contributed by atoms with Crippen molar-refractivity contribution in [3.8, 4) is 0 Å². The number of rotatable bonds is 0. The Morgan fingerprint density at radius 3 is 2.73 bits per heavy atom. The molecule has 80 valence electrons. The molecule has 2 aliphatic heterocycles. The highest BCUT2D eigenvalue weighted by Crippen LogP contribution is 2.38. The second kappa shape index (κ2) is 3.24. The molecule has 1 aromatic carbocycles. The summed E-state index contributed by atoms with van der Waals surface area (Å²) in [6.07, 6.45) is 3.72. The molecule has 2 aliphatic rings.